The molecule has 7 nitrogen and oxygen atoms in total. The summed E-state index contributed by atoms with van der Waals surface area (Å²) in [7, 11) is -0.722. The molecule has 1 aromatic heterocycles. The van der Waals surface area contributed by atoms with Crippen LogP contribution in [0.1, 0.15) is 28.8 Å². The van der Waals surface area contributed by atoms with Crippen molar-refractivity contribution in [2.24, 2.45) is 0 Å². The summed E-state index contributed by atoms with van der Waals surface area (Å²) in [6, 6.07) is 9.65. The Bertz CT molecular complexity index is 988. The second-order valence-corrected chi connectivity index (χ2v) is 8.97. The van der Waals surface area contributed by atoms with E-state index in [2.05, 4.69) is 0 Å². The van der Waals surface area contributed by atoms with Gasteiger partial charge in [-0.3, -0.25) is 9.59 Å². The van der Waals surface area contributed by atoms with E-state index in [4.69, 9.17) is 0 Å². The molecule has 2 aromatic rings. The monoisotopic (exact) mass is 389 g/mol. The molecule has 144 valence electrons. The van der Waals surface area contributed by atoms with Gasteiger partial charge in [-0.1, -0.05) is 12.1 Å². The lowest BCUT2D eigenvalue weighted by molar-refractivity contribution is 0.0793. The Morgan fingerprint density at radius 3 is 2.26 bits per heavy atom. The molecule has 1 amide bonds. The first-order chi connectivity index (χ1) is 12.8. The Hall–Kier alpha value is -2.45. The summed E-state index contributed by atoms with van der Waals surface area (Å²) >= 11 is 0. The number of nitrogens with zero attached hydrogens (tertiary/aromatic N) is 3. The molecule has 0 radical (unpaired) electrons. The highest BCUT2D eigenvalue weighted by molar-refractivity contribution is 7.89. The van der Waals surface area contributed by atoms with Gasteiger partial charge in [-0.25, -0.2) is 12.7 Å². The number of hydrogen-bond acceptors (Lipinski definition) is 4. The molecule has 0 aliphatic carbocycles. The number of carbonyl (C=O) groups excluding carboxylic acids is 1. The number of benzene rings is 1. The van der Waals surface area contributed by atoms with E-state index in [-0.39, 0.29) is 22.9 Å². The summed E-state index contributed by atoms with van der Waals surface area (Å²) in [6.45, 7) is 1.82. The minimum atomic E-state index is -3.61. The van der Waals surface area contributed by atoms with Crippen LogP contribution >= 0.6 is 0 Å². The third-order valence-corrected chi connectivity index (χ3v) is 6.48. The molecule has 0 unspecified atom stereocenters. The normalized spacial score (nSPS) is 14.7. The lowest BCUT2D eigenvalue weighted by Gasteiger charge is -2.15. The van der Waals surface area contributed by atoms with Gasteiger partial charge >= 0.3 is 0 Å². The lowest BCUT2D eigenvalue weighted by atomic mass is 10.1. The lowest BCUT2D eigenvalue weighted by Crippen LogP contribution is -2.27. The first kappa shape index (κ1) is 19.3. The van der Waals surface area contributed by atoms with Crippen LogP contribution in [-0.2, 0) is 16.6 Å². The van der Waals surface area contributed by atoms with Gasteiger partial charge in [0, 0.05) is 45.0 Å². The molecule has 0 spiro atoms. The van der Waals surface area contributed by atoms with Gasteiger partial charge in [0.1, 0.15) is 0 Å². The largest absolute Gasteiger partial charge is 0.339 e. The Morgan fingerprint density at radius 1 is 1.04 bits per heavy atom. The fraction of sp³-hybridized carbons (Fsp3) is 0.368. The second-order valence-electron chi connectivity index (χ2n) is 6.81. The van der Waals surface area contributed by atoms with Crippen LogP contribution in [0.4, 0.5) is 0 Å². The van der Waals surface area contributed by atoms with Crippen LogP contribution in [0.15, 0.2) is 52.3 Å². The first-order valence-corrected chi connectivity index (χ1v) is 10.2. The highest BCUT2D eigenvalue weighted by Gasteiger charge is 2.20. The van der Waals surface area contributed by atoms with E-state index in [1.165, 1.54) is 37.0 Å². The number of hydrogen-bond donors (Lipinski definition) is 0. The van der Waals surface area contributed by atoms with Crippen molar-refractivity contribution in [3.05, 3.63) is 64.1 Å². The maximum absolute atomic E-state index is 12.4. The van der Waals surface area contributed by atoms with Gasteiger partial charge in [0.25, 0.3) is 11.5 Å². The highest BCUT2D eigenvalue weighted by atomic mass is 32.2. The van der Waals surface area contributed by atoms with Crippen LogP contribution in [0.5, 0.6) is 0 Å². The predicted molar refractivity (Wildman–Crippen MR) is 102 cm³/mol. The van der Waals surface area contributed by atoms with Gasteiger partial charge in [0.05, 0.1) is 11.4 Å². The molecular weight excluding hydrogens is 366 g/mol. The average Bonchev–Trinajstić information content (AvgIpc) is 3.18. The van der Waals surface area contributed by atoms with Crippen LogP contribution in [0.25, 0.3) is 0 Å². The van der Waals surface area contributed by atoms with Crippen LogP contribution in [0.2, 0.25) is 0 Å². The molecule has 3 rings (SSSR count). The van der Waals surface area contributed by atoms with E-state index in [0.717, 1.165) is 35.8 Å². The van der Waals surface area contributed by atoms with Crippen LogP contribution < -0.4 is 5.56 Å². The number of amides is 1. The number of sulfonamides is 1. The second kappa shape index (κ2) is 7.66. The number of rotatable bonds is 5. The third-order valence-electron chi connectivity index (χ3n) is 4.68. The molecule has 0 atom stereocenters. The number of likely N-dealkylation sites (tertiary alicyclic amines) is 1. The zero-order valence-electron chi connectivity index (χ0n) is 15.5. The average molecular weight is 389 g/mol. The fourth-order valence-corrected chi connectivity index (χ4v) is 3.97. The Labute approximate surface area is 158 Å². The van der Waals surface area contributed by atoms with Gasteiger partial charge in [-0.2, -0.15) is 0 Å². The van der Waals surface area contributed by atoms with Crippen molar-refractivity contribution < 1.29 is 13.2 Å². The zero-order chi connectivity index (χ0) is 19.6. The minimum absolute atomic E-state index is 0.0234. The van der Waals surface area contributed by atoms with E-state index < -0.39 is 10.0 Å². The molecule has 2 heterocycles. The maximum atomic E-state index is 12.4. The molecular formula is C19H23N3O4S. The molecule has 1 saturated heterocycles. The first-order valence-electron chi connectivity index (χ1n) is 8.80. The van der Waals surface area contributed by atoms with Gasteiger partial charge in [-0.15, -0.1) is 0 Å². The fourth-order valence-electron chi connectivity index (χ4n) is 3.05. The number of carbonyl (C=O) groups is 1. The van der Waals surface area contributed by atoms with Crippen molar-refractivity contribution >= 4 is 15.9 Å². The minimum Gasteiger partial charge on any atom is -0.339 e. The van der Waals surface area contributed by atoms with Crippen LogP contribution in [-0.4, -0.2) is 55.3 Å². The van der Waals surface area contributed by atoms with E-state index in [9.17, 15) is 18.0 Å². The standard InChI is InChI=1S/C19H23N3O4S/c1-20(2)27(25,26)17-9-10-18(23)22(14-17)13-15-5-7-16(8-6-15)19(24)21-11-3-4-12-21/h5-10,14H,3-4,11-13H2,1-2H3. The molecule has 0 bridgehead atoms. The molecule has 0 N–H and O–H groups in total. The molecule has 1 fully saturated rings. The predicted octanol–water partition coefficient (Wildman–Crippen LogP) is 1.38. The third kappa shape index (κ3) is 4.12. The van der Waals surface area contributed by atoms with Gasteiger partial charge in [0.15, 0.2) is 0 Å². The maximum Gasteiger partial charge on any atom is 0.253 e. The quantitative estimate of drug-likeness (QED) is 0.774. The summed E-state index contributed by atoms with van der Waals surface area (Å²) in [5, 5.41) is 0. The number of pyridine rings is 1. The van der Waals surface area contributed by atoms with E-state index >= 15 is 0 Å². The van der Waals surface area contributed by atoms with Crippen molar-refractivity contribution in [1.29, 1.82) is 0 Å². The summed E-state index contributed by atoms with van der Waals surface area (Å²) in [5.74, 6) is 0.0234. The Balaban J connectivity index is 1.81. The summed E-state index contributed by atoms with van der Waals surface area (Å²) in [4.78, 5) is 26.4. The molecule has 8 heteroatoms. The van der Waals surface area contributed by atoms with Gasteiger partial charge in [-0.05, 0) is 36.6 Å². The molecule has 1 aliphatic rings. The summed E-state index contributed by atoms with van der Waals surface area (Å²) in [6.07, 6.45) is 3.43. The zero-order valence-corrected chi connectivity index (χ0v) is 16.3. The van der Waals surface area contributed by atoms with E-state index in [1.807, 2.05) is 4.90 Å². The van der Waals surface area contributed by atoms with Crippen molar-refractivity contribution in [3.8, 4) is 0 Å². The van der Waals surface area contributed by atoms with Crippen molar-refractivity contribution in [2.45, 2.75) is 24.3 Å². The van der Waals surface area contributed by atoms with Crippen molar-refractivity contribution in [3.63, 3.8) is 0 Å². The van der Waals surface area contributed by atoms with E-state index in [0.29, 0.717) is 5.56 Å². The molecule has 27 heavy (non-hydrogen) atoms. The van der Waals surface area contributed by atoms with E-state index in [1.54, 1.807) is 24.3 Å². The Kier molecular flexibility index (Phi) is 5.48. The van der Waals surface area contributed by atoms with Crippen LogP contribution in [0.3, 0.4) is 0 Å². The van der Waals surface area contributed by atoms with Gasteiger partial charge < -0.3 is 9.47 Å². The molecule has 1 aromatic carbocycles. The summed E-state index contributed by atoms with van der Waals surface area (Å²) < 4.78 is 27.0. The van der Waals surface area contributed by atoms with Crippen molar-refractivity contribution in [1.82, 2.24) is 13.8 Å². The SMILES string of the molecule is CN(C)S(=O)(=O)c1ccc(=O)n(Cc2ccc(C(=O)N3CCCC3)cc2)c1. The Morgan fingerprint density at radius 2 is 1.67 bits per heavy atom. The molecule has 0 saturated carbocycles. The topological polar surface area (TPSA) is 79.7 Å². The highest BCUT2D eigenvalue weighted by Crippen LogP contribution is 2.15. The number of aromatic nitrogens is 1. The summed E-state index contributed by atoms with van der Waals surface area (Å²) in [5.41, 5.74) is 1.15. The molecule has 1 aliphatic heterocycles. The van der Waals surface area contributed by atoms with Gasteiger partial charge in [0.2, 0.25) is 10.0 Å². The van der Waals surface area contributed by atoms with Crippen molar-refractivity contribution in [2.75, 3.05) is 27.2 Å². The van der Waals surface area contributed by atoms with Crippen LogP contribution in [0, 0.1) is 0 Å². The smallest absolute Gasteiger partial charge is 0.253 e.